The third-order valence-electron chi connectivity index (χ3n) is 9.12. The van der Waals surface area contributed by atoms with Gasteiger partial charge in [-0.05, 0) is 49.7 Å². The molecule has 3 heterocycles. The zero-order valence-corrected chi connectivity index (χ0v) is 18.7. The molecule has 6 rings (SSSR count). The molecule has 0 amide bonds. The number of benzene rings is 1. The van der Waals surface area contributed by atoms with Gasteiger partial charge in [-0.2, -0.15) is 0 Å². The molecule has 4 bridgehead atoms. The van der Waals surface area contributed by atoms with Crippen LogP contribution >= 0.6 is 0 Å². The first kappa shape index (κ1) is 20.4. The molecule has 4 unspecified atom stereocenters. The predicted molar refractivity (Wildman–Crippen MR) is 122 cm³/mol. The first-order valence-electron chi connectivity index (χ1n) is 12.7. The number of piperidine rings is 2. The second kappa shape index (κ2) is 7.98. The zero-order chi connectivity index (χ0) is 21.8. The number of carbonyl (C=O) groups is 1. The zero-order valence-electron chi connectivity index (χ0n) is 18.7. The summed E-state index contributed by atoms with van der Waals surface area (Å²) in [4.78, 5) is 31.1. The van der Waals surface area contributed by atoms with Gasteiger partial charge < -0.3 is 14.6 Å². The van der Waals surface area contributed by atoms with Crippen LogP contribution in [0.3, 0.4) is 0 Å². The molecule has 2 aromatic rings. The second-order valence-corrected chi connectivity index (χ2v) is 10.9. The Labute approximate surface area is 188 Å². The molecule has 6 heteroatoms. The van der Waals surface area contributed by atoms with Crippen LogP contribution in [-0.2, 0) is 0 Å². The maximum Gasteiger partial charge on any atom is 0.360 e. The van der Waals surface area contributed by atoms with Crippen LogP contribution in [0.1, 0.15) is 87.2 Å². The van der Waals surface area contributed by atoms with Gasteiger partial charge in [-0.1, -0.05) is 31.4 Å². The molecule has 6 atom stereocenters. The number of quaternary nitrogens is 1. The van der Waals surface area contributed by atoms with Gasteiger partial charge in [0.1, 0.15) is 0 Å². The molecule has 32 heavy (non-hydrogen) atoms. The van der Waals surface area contributed by atoms with Crippen LogP contribution in [-0.4, -0.2) is 38.8 Å². The van der Waals surface area contributed by atoms with Gasteiger partial charge >= 0.3 is 5.97 Å². The highest BCUT2D eigenvalue weighted by molar-refractivity contribution is 5.88. The Morgan fingerprint density at radius 2 is 1.56 bits per heavy atom. The third-order valence-corrected chi connectivity index (χ3v) is 9.12. The predicted octanol–water partition coefficient (Wildman–Crippen LogP) is 3.20. The lowest BCUT2D eigenvalue weighted by Crippen LogP contribution is -3.24. The van der Waals surface area contributed by atoms with Crippen molar-refractivity contribution < 1.29 is 14.8 Å². The Bertz CT molecular complexity index is 1070. The van der Waals surface area contributed by atoms with Gasteiger partial charge in [-0.25, -0.2) is 9.78 Å². The molecule has 2 saturated heterocycles. The van der Waals surface area contributed by atoms with E-state index in [1.54, 1.807) is 4.57 Å². The molecule has 1 aromatic carbocycles. The first-order valence-corrected chi connectivity index (χ1v) is 12.7. The van der Waals surface area contributed by atoms with Gasteiger partial charge in [0.05, 0.1) is 29.2 Å². The van der Waals surface area contributed by atoms with E-state index in [9.17, 15) is 14.7 Å². The Balaban J connectivity index is 1.35. The molecule has 2 aliphatic carbocycles. The van der Waals surface area contributed by atoms with Crippen molar-refractivity contribution >= 4 is 17.0 Å². The summed E-state index contributed by atoms with van der Waals surface area (Å²) in [5.41, 5.74) is 0.601. The minimum atomic E-state index is -1.23. The fourth-order valence-electron chi connectivity index (χ4n) is 8.08. The van der Waals surface area contributed by atoms with Crippen LogP contribution in [0, 0.1) is 11.8 Å². The van der Waals surface area contributed by atoms with E-state index in [1.807, 2.05) is 29.2 Å². The summed E-state index contributed by atoms with van der Waals surface area (Å²) in [6.45, 7) is 0. The van der Waals surface area contributed by atoms with Crippen LogP contribution in [0.4, 0.5) is 0 Å². The summed E-state index contributed by atoms with van der Waals surface area (Å²) in [7, 11) is 0. The average molecular weight is 437 g/mol. The highest BCUT2D eigenvalue weighted by Crippen LogP contribution is 2.40. The summed E-state index contributed by atoms with van der Waals surface area (Å²) in [5.74, 6) is 0.637. The largest absolute Gasteiger partial charge is 0.476 e. The van der Waals surface area contributed by atoms with Crippen LogP contribution in [0.2, 0.25) is 0 Å². The number of nitrogens with zero attached hydrogens (tertiary/aromatic N) is 2. The number of carboxylic acids is 1. The molecular weight excluding hydrogens is 402 g/mol. The van der Waals surface area contributed by atoms with Gasteiger partial charge in [-0.3, -0.25) is 4.79 Å². The lowest BCUT2D eigenvalue weighted by molar-refractivity contribution is -0.986. The number of hydrogen-bond acceptors (Lipinski definition) is 3. The van der Waals surface area contributed by atoms with Crippen molar-refractivity contribution in [3.05, 3.63) is 40.3 Å². The normalized spacial score (nSPS) is 36.7. The monoisotopic (exact) mass is 436 g/mol. The number of aromatic nitrogens is 2. The highest BCUT2D eigenvalue weighted by atomic mass is 16.4. The van der Waals surface area contributed by atoms with Crippen molar-refractivity contribution in [1.29, 1.82) is 0 Å². The van der Waals surface area contributed by atoms with Gasteiger partial charge in [0.2, 0.25) is 5.69 Å². The van der Waals surface area contributed by atoms with Crippen LogP contribution in [0.5, 0.6) is 0 Å². The Kier molecular flexibility index (Phi) is 5.09. The maximum atomic E-state index is 13.3. The van der Waals surface area contributed by atoms with E-state index >= 15 is 0 Å². The highest BCUT2D eigenvalue weighted by Gasteiger charge is 2.48. The number of hydrogen-bond donors (Lipinski definition) is 2. The van der Waals surface area contributed by atoms with Gasteiger partial charge in [-0.15, -0.1) is 0 Å². The molecule has 2 aliphatic heterocycles. The van der Waals surface area contributed by atoms with E-state index in [-0.39, 0.29) is 11.7 Å². The van der Waals surface area contributed by atoms with Crippen LogP contribution in [0.15, 0.2) is 29.1 Å². The number of fused-ring (bicyclic) bond motifs is 5. The Morgan fingerprint density at radius 3 is 2.25 bits per heavy atom. The van der Waals surface area contributed by atoms with Crippen LogP contribution in [0.25, 0.3) is 11.0 Å². The number of carboxylic acid groups (broad SMARTS) is 1. The molecule has 2 saturated carbocycles. The van der Waals surface area contributed by atoms with Gasteiger partial charge in [0.25, 0.3) is 5.56 Å². The molecule has 2 N–H and O–H groups in total. The van der Waals surface area contributed by atoms with Crippen molar-refractivity contribution in [2.24, 2.45) is 11.8 Å². The molecular formula is C26H34N3O3+. The first-order chi connectivity index (χ1) is 15.6. The summed E-state index contributed by atoms with van der Waals surface area (Å²) in [6.07, 6.45) is 14.2. The lowest BCUT2D eigenvalue weighted by Gasteiger charge is -2.52. The van der Waals surface area contributed by atoms with Crippen molar-refractivity contribution in [3.63, 3.8) is 0 Å². The lowest BCUT2D eigenvalue weighted by atomic mass is 9.68. The van der Waals surface area contributed by atoms with E-state index in [2.05, 4.69) is 4.98 Å². The van der Waals surface area contributed by atoms with E-state index in [0.717, 1.165) is 36.2 Å². The Hall–Kier alpha value is -2.21. The summed E-state index contributed by atoms with van der Waals surface area (Å²) < 4.78 is 1.80. The number of nitrogens with one attached hydrogen (secondary N) is 1. The average Bonchev–Trinajstić information content (AvgIpc) is 2.77. The van der Waals surface area contributed by atoms with E-state index in [0.29, 0.717) is 17.6 Å². The molecule has 1 aromatic heterocycles. The topological polar surface area (TPSA) is 76.6 Å². The molecule has 4 fully saturated rings. The van der Waals surface area contributed by atoms with E-state index < -0.39 is 11.5 Å². The third kappa shape index (κ3) is 3.38. The fraction of sp³-hybridized carbons (Fsp3) is 0.654. The van der Waals surface area contributed by atoms with Crippen molar-refractivity contribution in [2.75, 3.05) is 0 Å². The maximum absolute atomic E-state index is 13.3. The minimum Gasteiger partial charge on any atom is -0.476 e. The second-order valence-electron chi connectivity index (χ2n) is 10.9. The van der Waals surface area contributed by atoms with Crippen molar-refractivity contribution in [3.8, 4) is 0 Å². The van der Waals surface area contributed by atoms with Gasteiger partial charge in [0, 0.05) is 31.7 Å². The number of para-hydroxylation sites is 2. The van der Waals surface area contributed by atoms with E-state index in [4.69, 9.17) is 0 Å². The quantitative estimate of drug-likeness (QED) is 0.775. The summed E-state index contributed by atoms with van der Waals surface area (Å²) in [6, 6.07) is 9.55. The summed E-state index contributed by atoms with van der Waals surface area (Å²) in [5, 5.41) is 9.62. The molecule has 6 nitrogen and oxygen atoms in total. The van der Waals surface area contributed by atoms with Crippen molar-refractivity contribution in [1.82, 2.24) is 9.55 Å². The molecule has 4 aliphatic rings. The smallest absolute Gasteiger partial charge is 0.360 e. The van der Waals surface area contributed by atoms with Gasteiger partial charge in [0.15, 0.2) is 0 Å². The molecule has 170 valence electrons. The SMILES string of the molecule is O=C(O)c1nc2ccccc2n(C2C[C@H]3CCC[C@@H](C2)[NH+]3C2CC3CCCC(C3)C2)c1=O. The van der Waals surface area contributed by atoms with Crippen LogP contribution < -0.4 is 10.5 Å². The van der Waals surface area contributed by atoms with E-state index in [1.165, 1.54) is 57.8 Å². The van der Waals surface area contributed by atoms with Crippen molar-refractivity contribution in [2.45, 2.75) is 94.8 Å². The number of rotatable bonds is 3. The Morgan fingerprint density at radius 1 is 0.906 bits per heavy atom. The molecule has 0 radical (unpaired) electrons. The fourth-order valence-corrected chi connectivity index (χ4v) is 8.08. The summed E-state index contributed by atoms with van der Waals surface area (Å²) >= 11 is 0. The standard InChI is InChI=1S/C26H33N3O3/c30-25-24(26(31)32)27-22-9-1-2-10-23(22)29(25)21-14-18-7-4-8-19(15-21)28(18)20-12-16-5-3-6-17(11-16)13-20/h1-2,9-10,16-21H,3-8,11-15H2,(H,31,32)/p+1/t16?,17?,18-,19+,20?,21?. The number of aromatic carboxylic acids is 1. The molecule has 0 spiro atoms. The minimum absolute atomic E-state index is 0.0654.